The van der Waals surface area contributed by atoms with Crippen LogP contribution < -0.4 is 0 Å². The molecular formula is C18H13ClO3. The SMILES string of the molecule is CC(=O)/C=C/C(=O)c1c2ccc(Cl)cc2cc2cc(C)oc12. The van der Waals surface area contributed by atoms with E-state index < -0.39 is 0 Å². The normalized spacial score (nSPS) is 11.6. The van der Waals surface area contributed by atoms with E-state index in [1.54, 1.807) is 12.1 Å². The first-order chi connectivity index (χ1) is 10.5. The van der Waals surface area contributed by atoms with Gasteiger partial charge >= 0.3 is 0 Å². The molecule has 0 saturated heterocycles. The maximum Gasteiger partial charge on any atom is 0.190 e. The Balaban J connectivity index is 2.36. The fourth-order valence-corrected chi connectivity index (χ4v) is 2.71. The molecule has 3 rings (SSSR count). The fourth-order valence-electron chi connectivity index (χ4n) is 2.53. The average Bonchev–Trinajstić information content (AvgIpc) is 2.81. The van der Waals surface area contributed by atoms with Gasteiger partial charge in [0.1, 0.15) is 11.3 Å². The molecule has 0 unspecified atom stereocenters. The van der Waals surface area contributed by atoms with Crippen molar-refractivity contribution in [1.29, 1.82) is 0 Å². The van der Waals surface area contributed by atoms with Gasteiger partial charge in [-0.15, -0.1) is 0 Å². The lowest BCUT2D eigenvalue weighted by Crippen LogP contribution is -1.98. The van der Waals surface area contributed by atoms with Crippen molar-refractivity contribution in [1.82, 2.24) is 0 Å². The van der Waals surface area contributed by atoms with Gasteiger partial charge in [0.05, 0.1) is 5.56 Å². The third kappa shape index (κ3) is 2.55. The number of hydrogen-bond donors (Lipinski definition) is 0. The van der Waals surface area contributed by atoms with Crippen LogP contribution in [-0.4, -0.2) is 11.6 Å². The Hall–Kier alpha value is -2.39. The summed E-state index contributed by atoms with van der Waals surface area (Å²) in [4.78, 5) is 23.6. The predicted molar refractivity (Wildman–Crippen MR) is 87.6 cm³/mol. The van der Waals surface area contributed by atoms with E-state index in [1.165, 1.54) is 19.1 Å². The number of furan rings is 1. The van der Waals surface area contributed by atoms with Crippen LogP contribution in [0.25, 0.3) is 21.7 Å². The average molecular weight is 313 g/mol. The molecule has 3 aromatic rings. The molecule has 0 N–H and O–H groups in total. The number of carbonyl (C=O) groups excluding carboxylic acids is 2. The van der Waals surface area contributed by atoms with Crippen LogP contribution in [-0.2, 0) is 4.79 Å². The summed E-state index contributed by atoms with van der Waals surface area (Å²) >= 11 is 6.04. The quantitative estimate of drug-likeness (QED) is 0.511. The number of rotatable bonds is 3. The van der Waals surface area contributed by atoms with E-state index in [9.17, 15) is 9.59 Å². The minimum atomic E-state index is -0.262. The van der Waals surface area contributed by atoms with Crippen molar-refractivity contribution in [3.8, 4) is 0 Å². The lowest BCUT2D eigenvalue weighted by atomic mass is 9.98. The highest BCUT2D eigenvalue weighted by molar-refractivity contribution is 6.32. The van der Waals surface area contributed by atoms with E-state index >= 15 is 0 Å². The Morgan fingerprint density at radius 1 is 1.09 bits per heavy atom. The minimum absolute atomic E-state index is 0.177. The number of fused-ring (bicyclic) bond motifs is 2. The van der Waals surface area contributed by atoms with Crippen LogP contribution in [0.1, 0.15) is 23.0 Å². The lowest BCUT2D eigenvalue weighted by molar-refractivity contribution is -0.112. The Kier molecular flexibility index (Phi) is 3.59. The molecule has 0 aliphatic heterocycles. The number of carbonyl (C=O) groups is 2. The summed E-state index contributed by atoms with van der Waals surface area (Å²) in [7, 11) is 0. The molecule has 0 fully saturated rings. The molecule has 0 bridgehead atoms. The van der Waals surface area contributed by atoms with Gasteiger partial charge in [-0.25, -0.2) is 0 Å². The van der Waals surface area contributed by atoms with Gasteiger partial charge in [0.25, 0.3) is 0 Å². The molecule has 110 valence electrons. The van der Waals surface area contributed by atoms with Gasteiger partial charge in [-0.1, -0.05) is 17.7 Å². The third-order valence-corrected chi connectivity index (χ3v) is 3.66. The number of hydrogen-bond acceptors (Lipinski definition) is 3. The predicted octanol–water partition coefficient (Wildman–Crippen LogP) is 4.88. The summed E-state index contributed by atoms with van der Waals surface area (Å²) in [6.45, 7) is 3.23. The Labute approximate surface area is 132 Å². The second kappa shape index (κ2) is 5.43. The first kappa shape index (κ1) is 14.5. The zero-order valence-electron chi connectivity index (χ0n) is 12.1. The second-order valence-corrected chi connectivity index (χ2v) is 5.64. The monoisotopic (exact) mass is 312 g/mol. The molecule has 4 heteroatoms. The summed E-state index contributed by atoms with van der Waals surface area (Å²) in [5.74, 6) is 0.284. The number of benzene rings is 2. The molecule has 1 aromatic heterocycles. The highest BCUT2D eigenvalue weighted by Crippen LogP contribution is 2.32. The zero-order valence-corrected chi connectivity index (χ0v) is 12.9. The van der Waals surface area contributed by atoms with Crippen LogP contribution in [0.4, 0.5) is 0 Å². The molecule has 0 spiro atoms. The van der Waals surface area contributed by atoms with Crippen molar-refractivity contribution >= 4 is 44.9 Å². The largest absolute Gasteiger partial charge is 0.461 e. The molecule has 0 saturated carbocycles. The van der Waals surface area contributed by atoms with Crippen LogP contribution in [0.5, 0.6) is 0 Å². The smallest absolute Gasteiger partial charge is 0.190 e. The Morgan fingerprint density at radius 3 is 2.59 bits per heavy atom. The van der Waals surface area contributed by atoms with Gasteiger partial charge in [0.2, 0.25) is 0 Å². The molecule has 0 radical (unpaired) electrons. The fraction of sp³-hybridized carbons (Fsp3) is 0.111. The molecule has 2 aromatic carbocycles. The van der Waals surface area contributed by atoms with Crippen molar-refractivity contribution in [3.63, 3.8) is 0 Å². The van der Waals surface area contributed by atoms with Crippen molar-refractivity contribution < 1.29 is 14.0 Å². The Bertz CT molecular complexity index is 948. The minimum Gasteiger partial charge on any atom is -0.461 e. The first-order valence-corrected chi connectivity index (χ1v) is 7.19. The highest BCUT2D eigenvalue weighted by atomic mass is 35.5. The molecule has 1 heterocycles. The summed E-state index contributed by atoms with van der Waals surface area (Å²) in [6, 6.07) is 9.16. The molecule has 0 atom stereocenters. The number of allylic oxidation sites excluding steroid dienone is 2. The van der Waals surface area contributed by atoms with Crippen molar-refractivity contribution in [3.05, 3.63) is 58.8 Å². The molecule has 0 aliphatic carbocycles. The lowest BCUT2D eigenvalue weighted by Gasteiger charge is -2.05. The van der Waals surface area contributed by atoms with Gasteiger partial charge in [-0.2, -0.15) is 0 Å². The van der Waals surface area contributed by atoms with Crippen LogP contribution in [0, 0.1) is 6.92 Å². The summed E-state index contributed by atoms with van der Waals surface area (Å²) in [5, 5.41) is 3.06. The molecule has 22 heavy (non-hydrogen) atoms. The maximum atomic E-state index is 12.5. The Morgan fingerprint density at radius 2 is 1.86 bits per heavy atom. The third-order valence-electron chi connectivity index (χ3n) is 3.42. The molecule has 0 amide bonds. The van der Waals surface area contributed by atoms with Gasteiger partial charge in [-0.05, 0) is 61.0 Å². The number of halogens is 1. The molecule has 3 nitrogen and oxygen atoms in total. The van der Waals surface area contributed by atoms with Gasteiger partial charge in [0, 0.05) is 10.4 Å². The van der Waals surface area contributed by atoms with E-state index in [1.807, 2.05) is 25.1 Å². The van der Waals surface area contributed by atoms with Crippen molar-refractivity contribution in [2.24, 2.45) is 0 Å². The van der Waals surface area contributed by atoms with E-state index in [-0.39, 0.29) is 11.6 Å². The van der Waals surface area contributed by atoms with E-state index in [0.717, 1.165) is 21.9 Å². The van der Waals surface area contributed by atoms with Crippen LogP contribution in [0.2, 0.25) is 5.02 Å². The van der Waals surface area contributed by atoms with E-state index in [4.69, 9.17) is 16.0 Å². The van der Waals surface area contributed by atoms with Crippen molar-refractivity contribution in [2.45, 2.75) is 13.8 Å². The number of aryl methyl sites for hydroxylation is 1. The van der Waals surface area contributed by atoms with Crippen molar-refractivity contribution in [2.75, 3.05) is 0 Å². The zero-order chi connectivity index (χ0) is 15.9. The summed E-state index contributed by atoms with van der Waals surface area (Å²) < 4.78 is 5.69. The topological polar surface area (TPSA) is 47.3 Å². The standard InChI is InChI=1S/C18H13ClO3/c1-10(20)3-6-16(21)17-15-5-4-14(19)9-12(15)8-13-7-11(2)22-18(13)17/h3-9H,1-2H3/b6-3+. The summed E-state index contributed by atoms with van der Waals surface area (Å²) in [6.07, 6.45) is 2.54. The second-order valence-electron chi connectivity index (χ2n) is 5.20. The van der Waals surface area contributed by atoms with Gasteiger partial charge in [0.15, 0.2) is 11.6 Å². The van der Waals surface area contributed by atoms with Crippen LogP contribution >= 0.6 is 11.6 Å². The van der Waals surface area contributed by atoms with E-state index in [2.05, 4.69) is 0 Å². The highest BCUT2D eigenvalue weighted by Gasteiger charge is 2.17. The van der Waals surface area contributed by atoms with Gasteiger partial charge < -0.3 is 4.42 Å². The molecule has 0 aliphatic rings. The number of ketones is 2. The van der Waals surface area contributed by atoms with Gasteiger partial charge in [-0.3, -0.25) is 9.59 Å². The first-order valence-electron chi connectivity index (χ1n) is 6.81. The summed E-state index contributed by atoms with van der Waals surface area (Å²) in [5.41, 5.74) is 0.986. The molecular weight excluding hydrogens is 300 g/mol. The van der Waals surface area contributed by atoms with E-state index in [0.29, 0.717) is 16.2 Å². The maximum absolute atomic E-state index is 12.5. The van der Waals surface area contributed by atoms with Crippen LogP contribution in [0.15, 0.2) is 46.9 Å². The van der Waals surface area contributed by atoms with Crippen LogP contribution in [0.3, 0.4) is 0 Å².